The molecule has 1 aliphatic carbocycles. The Kier molecular flexibility index (Phi) is 4.93. The van der Waals surface area contributed by atoms with E-state index in [1.807, 2.05) is 11.8 Å². The molecule has 6 heteroatoms. The summed E-state index contributed by atoms with van der Waals surface area (Å²) in [5.74, 6) is 0.490. The molecule has 4 nitrogen and oxygen atoms in total. The molecule has 2 rings (SSSR count). The number of anilines is 1. The van der Waals surface area contributed by atoms with Crippen LogP contribution in [0.4, 0.5) is 5.82 Å². The maximum Gasteiger partial charge on any atom is 0.253 e. The summed E-state index contributed by atoms with van der Waals surface area (Å²) < 4.78 is 0. The summed E-state index contributed by atoms with van der Waals surface area (Å²) in [7, 11) is 1.75. The molecule has 1 fully saturated rings. The number of pyridine rings is 1. The summed E-state index contributed by atoms with van der Waals surface area (Å²) in [6.07, 6.45) is 7.04. The minimum absolute atomic E-state index is 0.0944. The number of hydrogen-bond acceptors (Lipinski definition) is 4. The molecule has 0 aromatic carbocycles. The number of hydrogen-bond donors (Lipinski definition) is 2. The molecule has 1 amide bonds. The van der Waals surface area contributed by atoms with Crippen molar-refractivity contribution in [3.63, 3.8) is 0 Å². The molecule has 2 atom stereocenters. The van der Waals surface area contributed by atoms with Crippen LogP contribution in [-0.4, -0.2) is 35.5 Å². The predicted octanol–water partition coefficient (Wildman–Crippen LogP) is 2.79. The fraction of sp³-hybridized carbons (Fsp3) is 0.538. The fourth-order valence-electron chi connectivity index (χ4n) is 2.37. The second-order valence-electron chi connectivity index (χ2n) is 4.59. The quantitative estimate of drug-likeness (QED) is 0.897. The summed E-state index contributed by atoms with van der Waals surface area (Å²) in [4.78, 5) is 16.3. The van der Waals surface area contributed by atoms with Gasteiger partial charge < -0.3 is 10.6 Å². The Hall–Kier alpha value is -0.940. The number of nitrogens with one attached hydrogen (secondary N) is 2. The zero-order chi connectivity index (χ0) is 13.8. The third-order valence-corrected chi connectivity index (χ3v) is 4.87. The molecule has 2 N–H and O–H groups in total. The summed E-state index contributed by atoms with van der Waals surface area (Å²) in [6.45, 7) is 0. The van der Waals surface area contributed by atoms with Gasteiger partial charge in [0.1, 0.15) is 5.82 Å². The van der Waals surface area contributed by atoms with E-state index in [9.17, 15) is 4.79 Å². The second kappa shape index (κ2) is 6.48. The highest BCUT2D eigenvalue weighted by atomic mass is 35.5. The van der Waals surface area contributed by atoms with E-state index in [4.69, 9.17) is 11.6 Å². The zero-order valence-corrected chi connectivity index (χ0v) is 12.6. The molecular formula is C13H18ClN3OS. The topological polar surface area (TPSA) is 54.0 Å². The van der Waals surface area contributed by atoms with Gasteiger partial charge in [-0.25, -0.2) is 4.98 Å². The van der Waals surface area contributed by atoms with E-state index in [0.717, 1.165) is 6.42 Å². The van der Waals surface area contributed by atoms with Gasteiger partial charge >= 0.3 is 0 Å². The number of aromatic nitrogens is 1. The molecule has 1 aromatic rings. The monoisotopic (exact) mass is 299 g/mol. The first-order chi connectivity index (χ1) is 9.15. The average Bonchev–Trinajstić information content (AvgIpc) is 2.85. The molecule has 104 valence electrons. The van der Waals surface area contributed by atoms with Crippen molar-refractivity contribution in [1.82, 2.24) is 10.3 Å². The fourth-order valence-corrected chi connectivity index (χ4v) is 3.57. The third kappa shape index (κ3) is 3.34. The average molecular weight is 300 g/mol. The van der Waals surface area contributed by atoms with Crippen molar-refractivity contribution >= 4 is 35.1 Å². The van der Waals surface area contributed by atoms with Crippen LogP contribution in [0.2, 0.25) is 5.02 Å². The Morgan fingerprint density at radius 3 is 2.95 bits per heavy atom. The molecule has 0 radical (unpaired) electrons. The van der Waals surface area contributed by atoms with Crippen molar-refractivity contribution in [1.29, 1.82) is 0 Å². The molecule has 0 bridgehead atoms. The molecule has 1 aromatic heterocycles. The van der Waals surface area contributed by atoms with E-state index in [1.54, 1.807) is 19.3 Å². The van der Waals surface area contributed by atoms with Crippen LogP contribution in [-0.2, 0) is 0 Å². The van der Waals surface area contributed by atoms with E-state index >= 15 is 0 Å². The maximum absolute atomic E-state index is 12.2. The van der Waals surface area contributed by atoms with Crippen LogP contribution in [0.1, 0.15) is 29.6 Å². The zero-order valence-electron chi connectivity index (χ0n) is 11.1. The highest BCUT2D eigenvalue weighted by molar-refractivity contribution is 7.99. The Labute approximate surface area is 122 Å². The summed E-state index contributed by atoms with van der Waals surface area (Å²) in [5.41, 5.74) is 0.510. The highest BCUT2D eigenvalue weighted by Crippen LogP contribution is 2.28. The maximum atomic E-state index is 12.2. The minimum atomic E-state index is -0.0944. The number of halogens is 1. The molecule has 19 heavy (non-hydrogen) atoms. The number of amides is 1. The van der Waals surface area contributed by atoms with E-state index in [0.29, 0.717) is 21.7 Å². The normalized spacial score (nSPS) is 22.3. The van der Waals surface area contributed by atoms with Crippen LogP contribution < -0.4 is 10.6 Å². The van der Waals surface area contributed by atoms with Gasteiger partial charge in [-0.2, -0.15) is 11.8 Å². The first kappa shape index (κ1) is 14.5. The lowest BCUT2D eigenvalue weighted by Crippen LogP contribution is -2.38. The summed E-state index contributed by atoms with van der Waals surface area (Å²) in [6, 6.07) is 1.91. The lowest BCUT2D eigenvalue weighted by atomic mass is 10.2. The first-order valence-electron chi connectivity index (χ1n) is 6.32. The summed E-state index contributed by atoms with van der Waals surface area (Å²) in [5, 5.41) is 6.93. The van der Waals surface area contributed by atoms with Gasteiger partial charge in [0.2, 0.25) is 0 Å². The first-order valence-corrected chi connectivity index (χ1v) is 7.99. The number of thioether (sulfide) groups is 1. The molecular weight excluding hydrogens is 282 g/mol. The molecule has 1 heterocycles. The van der Waals surface area contributed by atoms with Gasteiger partial charge in [0.15, 0.2) is 0 Å². The van der Waals surface area contributed by atoms with Crippen LogP contribution in [0.25, 0.3) is 0 Å². The van der Waals surface area contributed by atoms with Gasteiger partial charge in [0.25, 0.3) is 5.91 Å². The molecule has 0 aliphatic heterocycles. The van der Waals surface area contributed by atoms with Gasteiger partial charge in [-0.3, -0.25) is 4.79 Å². The minimum Gasteiger partial charge on any atom is -0.372 e. The predicted molar refractivity (Wildman–Crippen MR) is 81.2 cm³/mol. The Bertz CT molecular complexity index is 469. The number of nitrogens with zero attached hydrogens (tertiary/aromatic N) is 1. The molecule has 1 saturated carbocycles. The molecule has 1 aliphatic rings. The third-order valence-electron chi connectivity index (χ3n) is 3.41. The second-order valence-corrected chi connectivity index (χ2v) is 6.07. The van der Waals surface area contributed by atoms with E-state index in [-0.39, 0.29) is 11.9 Å². The highest BCUT2D eigenvalue weighted by Gasteiger charge is 2.28. The Balaban J connectivity index is 2.05. The molecule has 0 spiro atoms. The van der Waals surface area contributed by atoms with Gasteiger partial charge in [-0.1, -0.05) is 18.0 Å². The lowest BCUT2D eigenvalue weighted by molar-refractivity contribution is 0.0938. The largest absolute Gasteiger partial charge is 0.372 e. The van der Waals surface area contributed by atoms with E-state index in [1.165, 1.54) is 12.8 Å². The van der Waals surface area contributed by atoms with Crippen molar-refractivity contribution in [2.75, 3.05) is 18.6 Å². The van der Waals surface area contributed by atoms with Crippen LogP contribution in [0.15, 0.2) is 12.3 Å². The van der Waals surface area contributed by atoms with Crippen molar-refractivity contribution in [2.24, 2.45) is 0 Å². The van der Waals surface area contributed by atoms with Crippen LogP contribution >= 0.6 is 23.4 Å². The van der Waals surface area contributed by atoms with Crippen LogP contribution in [0, 0.1) is 0 Å². The molecule has 0 saturated heterocycles. The van der Waals surface area contributed by atoms with Crippen LogP contribution in [0.3, 0.4) is 0 Å². The van der Waals surface area contributed by atoms with Crippen LogP contribution in [0.5, 0.6) is 0 Å². The van der Waals surface area contributed by atoms with Gasteiger partial charge in [-0.05, 0) is 25.2 Å². The number of carbonyl (C=O) groups excluding carboxylic acids is 1. The Morgan fingerprint density at radius 2 is 2.32 bits per heavy atom. The summed E-state index contributed by atoms with van der Waals surface area (Å²) >= 11 is 7.86. The van der Waals surface area contributed by atoms with Gasteiger partial charge in [-0.15, -0.1) is 0 Å². The van der Waals surface area contributed by atoms with Gasteiger partial charge in [0.05, 0.1) is 10.6 Å². The SMILES string of the molecule is CNc1ncc(C(=O)NC2CCCC2SC)cc1Cl. The van der Waals surface area contributed by atoms with Crippen molar-refractivity contribution in [3.8, 4) is 0 Å². The standard InChI is InChI=1S/C13H18ClN3OS/c1-15-12-9(14)6-8(7-16-12)13(18)17-10-4-3-5-11(10)19-2/h6-7,10-11H,3-5H2,1-2H3,(H,15,16)(H,17,18). The molecule has 2 unspecified atom stereocenters. The van der Waals surface area contributed by atoms with Gasteiger partial charge in [0, 0.05) is 24.5 Å². The lowest BCUT2D eigenvalue weighted by Gasteiger charge is -2.19. The number of carbonyl (C=O) groups is 1. The van der Waals surface area contributed by atoms with Crippen molar-refractivity contribution in [2.45, 2.75) is 30.6 Å². The van der Waals surface area contributed by atoms with Crippen molar-refractivity contribution in [3.05, 3.63) is 22.8 Å². The Morgan fingerprint density at radius 1 is 1.53 bits per heavy atom. The number of rotatable bonds is 4. The van der Waals surface area contributed by atoms with E-state index in [2.05, 4.69) is 21.9 Å². The smallest absolute Gasteiger partial charge is 0.253 e. The van der Waals surface area contributed by atoms with E-state index < -0.39 is 0 Å². The van der Waals surface area contributed by atoms with Crippen molar-refractivity contribution < 1.29 is 4.79 Å².